The smallest absolute Gasteiger partial charge is 0.407 e. The quantitative estimate of drug-likeness (QED) is 0.197. The van der Waals surface area contributed by atoms with Crippen molar-refractivity contribution in [2.75, 3.05) is 6.54 Å². The highest BCUT2D eigenvalue weighted by molar-refractivity contribution is 5.67. The monoisotopic (exact) mass is 397 g/mol. The fourth-order valence-corrected chi connectivity index (χ4v) is 3.64. The van der Waals surface area contributed by atoms with Crippen molar-refractivity contribution in [1.82, 2.24) is 5.32 Å². The Morgan fingerprint density at radius 1 is 0.643 bits per heavy atom. The lowest BCUT2D eigenvalue weighted by atomic mass is 10.0. The molecule has 0 radical (unpaired) electrons. The molecule has 0 aliphatic heterocycles. The highest BCUT2D eigenvalue weighted by Gasteiger charge is 2.07. The van der Waals surface area contributed by atoms with Crippen LogP contribution in [-0.2, 0) is 4.74 Å². The number of carbonyl (C=O) groups excluding carboxylic acids is 1. The normalized spacial score (nSPS) is 12.1. The van der Waals surface area contributed by atoms with Gasteiger partial charge in [0.2, 0.25) is 0 Å². The van der Waals surface area contributed by atoms with Gasteiger partial charge in [-0.05, 0) is 19.8 Å². The molecule has 1 atom stereocenters. The molecule has 0 aliphatic carbocycles. The number of hydrogen-bond donors (Lipinski definition) is 1. The molecule has 0 bridgehead atoms. The summed E-state index contributed by atoms with van der Waals surface area (Å²) in [6.07, 6.45) is 25.0. The van der Waals surface area contributed by atoms with E-state index in [4.69, 9.17) is 4.74 Å². The van der Waals surface area contributed by atoms with Crippen LogP contribution in [0.1, 0.15) is 143 Å². The highest BCUT2D eigenvalue weighted by atomic mass is 16.6. The second kappa shape index (κ2) is 22.6. The van der Waals surface area contributed by atoms with E-state index in [1.165, 1.54) is 96.3 Å². The second-order valence-electron chi connectivity index (χ2n) is 8.59. The summed E-state index contributed by atoms with van der Waals surface area (Å²) in [7, 11) is 0. The van der Waals surface area contributed by atoms with E-state index >= 15 is 0 Å². The van der Waals surface area contributed by atoms with Gasteiger partial charge in [-0.15, -0.1) is 0 Å². The Morgan fingerprint density at radius 3 is 1.46 bits per heavy atom. The van der Waals surface area contributed by atoms with Crippen molar-refractivity contribution in [3.63, 3.8) is 0 Å². The summed E-state index contributed by atoms with van der Waals surface area (Å²) in [6.45, 7) is 7.16. The third-order valence-corrected chi connectivity index (χ3v) is 5.57. The van der Waals surface area contributed by atoms with Crippen molar-refractivity contribution in [2.24, 2.45) is 0 Å². The molecular formula is C25H51NO2. The Balaban J connectivity index is 3.16. The number of alkyl carbamates (subject to hydrolysis) is 1. The third kappa shape index (κ3) is 21.6. The molecular weight excluding hydrogens is 346 g/mol. The molecule has 0 saturated heterocycles. The first-order valence-electron chi connectivity index (χ1n) is 12.6. The molecule has 1 unspecified atom stereocenters. The van der Waals surface area contributed by atoms with Gasteiger partial charge in [0, 0.05) is 6.54 Å². The van der Waals surface area contributed by atoms with Gasteiger partial charge in [-0.3, -0.25) is 0 Å². The lowest BCUT2D eigenvalue weighted by molar-refractivity contribution is 0.101. The first-order valence-corrected chi connectivity index (χ1v) is 12.6. The summed E-state index contributed by atoms with van der Waals surface area (Å²) in [4.78, 5) is 11.6. The summed E-state index contributed by atoms with van der Waals surface area (Å²) in [6, 6.07) is 0. The summed E-state index contributed by atoms with van der Waals surface area (Å²) >= 11 is 0. The van der Waals surface area contributed by atoms with Crippen LogP contribution >= 0.6 is 0 Å². The molecule has 0 heterocycles. The minimum atomic E-state index is -0.246. The van der Waals surface area contributed by atoms with E-state index in [1.807, 2.05) is 6.92 Å². The van der Waals surface area contributed by atoms with Crippen LogP contribution in [0.5, 0.6) is 0 Å². The molecule has 0 spiro atoms. The standard InChI is InChI=1S/C25H51NO2/c1-4-6-8-9-10-11-12-13-14-15-16-17-18-19-20-21-23-26-25(27)28-24(3)22-7-5-2/h24H,4-23H2,1-3H3,(H,26,27). The summed E-state index contributed by atoms with van der Waals surface area (Å²) in [5.41, 5.74) is 0. The van der Waals surface area contributed by atoms with Gasteiger partial charge in [-0.2, -0.15) is 0 Å². The van der Waals surface area contributed by atoms with Gasteiger partial charge < -0.3 is 10.1 Å². The molecule has 0 saturated carbocycles. The van der Waals surface area contributed by atoms with Gasteiger partial charge >= 0.3 is 6.09 Å². The maximum atomic E-state index is 11.6. The van der Waals surface area contributed by atoms with Crippen molar-refractivity contribution in [2.45, 2.75) is 149 Å². The largest absolute Gasteiger partial charge is 0.447 e. The predicted octanol–water partition coefficient (Wildman–Crippen LogP) is 8.55. The number of rotatable bonds is 21. The number of unbranched alkanes of at least 4 members (excludes halogenated alkanes) is 16. The fourth-order valence-electron chi connectivity index (χ4n) is 3.64. The maximum absolute atomic E-state index is 11.6. The Bertz CT molecular complexity index is 320. The maximum Gasteiger partial charge on any atom is 0.407 e. The number of ether oxygens (including phenoxy) is 1. The van der Waals surface area contributed by atoms with E-state index in [0.29, 0.717) is 0 Å². The number of carbonyl (C=O) groups is 1. The molecule has 3 nitrogen and oxygen atoms in total. The van der Waals surface area contributed by atoms with Crippen LogP contribution < -0.4 is 5.32 Å². The number of hydrogen-bond acceptors (Lipinski definition) is 2. The molecule has 1 N–H and O–H groups in total. The zero-order valence-electron chi connectivity index (χ0n) is 19.5. The van der Waals surface area contributed by atoms with Crippen LogP contribution in [0.2, 0.25) is 0 Å². The Labute approximate surface area is 176 Å². The second-order valence-corrected chi connectivity index (χ2v) is 8.59. The number of nitrogens with one attached hydrogen (secondary N) is 1. The van der Waals surface area contributed by atoms with Gasteiger partial charge in [0.25, 0.3) is 0 Å². The molecule has 28 heavy (non-hydrogen) atoms. The van der Waals surface area contributed by atoms with Crippen LogP contribution in [0, 0.1) is 0 Å². The van der Waals surface area contributed by atoms with E-state index in [1.54, 1.807) is 0 Å². The molecule has 0 rings (SSSR count). The summed E-state index contributed by atoms with van der Waals surface area (Å²) in [5.74, 6) is 0. The van der Waals surface area contributed by atoms with Crippen molar-refractivity contribution in [3.05, 3.63) is 0 Å². The predicted molar refractivity (Wildman–Crippen MR) is 123 cm³/mol. The van der Waals surface area contributed by atoms with Crippen LogP contribution in [0.15, 0.2) is 0 Å². The van der Waals surface area contributed by atoms with Crippen LogP contribution in [0.3, 0.4) is 0 Å². The molecule has 3 heteroatoms. The van der Waals surface area contributed by atoms with Crippen molar-refractivity contribution >= 4 is 6.09 Å². The van der Waals surface area contributed by atoms with E-state index in [9.17, 15) is 4.79 Å². The molecule has 168 valence electrons. The van der Waals surface area contributed by atoms with Gasteiger partial charge in [-0.25, -0.2) is 4.79 Å². The van der Waals surface area contributed by atoms with Crippen LogP contribution in [0.25, 0.3) is 0 Å². The van der Waals surface area contributed by atoms with Crippen molar-refractivity contribution < 1.29 is 9.53 Å². The molecule has 0 aliphatic rings. The van der Waals surface area contributed by atoms with Crippen molar-refractivity contribution in [1.29, 1.82) is 0 Å². The lowest BCUT2D eigenvalue weighted by Crippen LogP contribution is -2.28. The first-order chi connectivity index (χ1) is 13.7. The Morgan fingerprint density at radius 2 is 1.04 bits per heavy atom. The summed E-state index contributed by atoms with van der Waals surface area (Å²) < 4.78 is 5.33. The van der Waals surface area contributed by atoms with Crippen LogP contribution in [-0.4, -0.2) is 18.7 Å². The molecule has 1 amide bonds. The van der Waals surface area contributed by atoms with Crippen molar-refractivity contribution in [3.8, 4) is 0 Å². The SMILES string of the molecule is CCCCCCCCCCCCCCCCCCNC(=O)OC(C)CCCC. The third-order valence-electron chi connectivity index (χ3n) is 5.57. The van der Waals surface area contributed by atoms with Gasteiger partial charge in [0.1, 0.15) is 6.10 Å². The number of amides is 1. The average Bonchev–Trinajstić information content (AvgIpc) is 2.68. The lowest BCUT2D eigenvalue weighted by Gasteiger charge is -2.13. The zero-order chi connectivity index (χ0) is 20.7. The minimum absolute atomic E-state index is 0.0331. The Kier molecular flexibility index (Phi) is 22.0. The summed E-state index contributed by atoms with van der Waals surface area (Å²) in [5, 5.41) is 2.88. The van der Waals surface area contributed by atoms with E-state index in [-0.39, 0.29) is 12.2 Å². The van der Waals surface area contributed by atoms with E-state index in [0.717, 1.165) is 32.2 Å². The zero-order valence-corrected chi connectivity index (χ0v) is 19.5. The molecule has 0 fully saturated rings. The molecule has 0 aromatic rings. The van der Waals surface area contributed by atoms with E-state index in [2.05, 4.69) is 19.2 Å². The van der Waals surface area contributed by atoms with E-state index < -0.39 is 0 Å². The van der Waals surface area contributed by atoms with Gasteiger partial charge in [0.15, 0.2) is 0 Å². The first kappa shape index (κ1) is 27.3. The Hall–Kier alpha value is -0.730. The minimum Gasteiger partial charge on any atom is -0.447 e. The van der Waals surface area contributed by atoms with Crippen LogP contribution in [0.4, 0.5) is 4.79 Å². The highest BCUT2D eigenvalue weighted by Crippen LogP contribution is 2.13. The fraction of sp³-hybridized carbons (Fsp3) is 0.960. The van der Waals surface area contributed by atoms with Gasteiger partial charge in [-0.1, -0.05) is 123 Å². The molecule has 0 aromatic heterocycles. The topological polar surface area (TPSA) is 38.3 Å². The average molecular weight is 398 g/mol. The van der Waals surface area contributed by atoms with Gasteiger partial charge in [0.05, 0.1) is 0 Å². The molecule has 0 aromatic carbocycles.